The second-order valence-electron chi connectivity index (χ2n) is 5.52. The number of amides is 1. The van der Waals surface area contributed by atoms with E-state index in [4.69, 9.17) is 11.6 Å². The van der Waals surface area contributed by atoms with Gasteiger partial charge in [0.1, 0.15) is 11.6 Å². The highest BCUT2D eigenvalue weighted by molar-refractivity contribution is 6.33. The van der Waals surface area contributed by atoms with Crippen LogP contribution < -0.4 is 10.6 Å². The molecular formula is C19H18ClN3O. The zero-order valence-electron chi connectivity index (χ0n) is 13.5. The smallest absolute Gasteiger partial charge is 0.267 e. The number of nitrogens with one attached hydrogen (secondary N) is 2. The Morgan fingerprint density at radius 2 is 1.83 bits per heavy atom. The fraction of sp³-hybridized carbons (Fsp3) is 0.158. The first kappa shape index (κ1) is 17.6. The molecule has 0 bridgehead atoms. The van der Waals surface area contributed by atoms with Crippen LogP contribution in [0.1, 0.15) is 25.3 Å². The van der Waals surface area contributed by atoms with Gasteiger partial charge in [0.2, 0.25) is 0 Å². The second-order valence-corrected chi connectivity index (χ2v) is 5.93. The van der Waals surface area contributed by atoms with Gasteiger partial charge in [-0.3, -0.25) is 4.79 Å². The number of hydrogen-bond acceptors (Lipinski definition) is 3. The Hall–Kier alpha value is -2.77. The molecular weight excluding hydrogens is 322 g/mol. The number of para-hydroxylation sites is 1. The number of nitrogens with zero attached hydrogens (tertiary/aromatic N) is 1. The summed E-state index contributed by atoms with van der Waals surface area (Å²) in [5, 5.41) is 15.3. The van der Waals surface area contributed by atoms with Crippen molar-refractivity contribution in [3.8, 4) is 6.07 Å². The molecule has 2 aromatic carbocycles. The van der Waals surface area contributed by atoms with Crippen LogP contribution in [0.5, 0.6) is 0 Å². The molecule has 0 fully saturated rings. The van der Waals surface area contributed by atoms with Crippen molar-refractivity contribution in [2.75, 3.05) is 10.6 Å². The standard InChI is InChI=1S/C19H18ClN3O/c1-13(2)14-7-9-16(10-8-14)23-19(24)15(11-21)12-22-18-6-4-3-5-17(18)20/h3-10,12-13,22H,1-2H3,(H,23,24)/b15-12-. The Bertz CT molecular complexity index is 789. The van der Waals surface area contributed by atoms with Crippen LogP contribution in [0, 0.1) is 11.3 Å². The Morgan fingerprint density at radius 1 is 1.17 bits per heavy atom. The molecule has 2 aromatic rings. The minimum atomic E-state index is -0.477. The summed E-state index contributed by atoms with van der Waals surface area (Å²) in [6.07, 6.45) is 1.35. The predicted molar refractivity (Wildman–Crippen MR) is 97.9 cm³/mol. The normalized spacial score (nSPS) is 11.0. The number of halogens is 1. The number of carbonyl (C=O) groups is 1. The molecule has 0 aliphatic rings. The summed E-state index contributed by atoms with van der Waals surface area (Å²) in [6.45, 7) is 4.20. The van der Waals surface area contributed by atoms with E-state index in [-0.39, 0.29) is 5.57 Å². The van der Waals surface area contributed by atoms with E-state index >= 15 is 0 Å². The third-order valence-corrected chi connectivity index (χ3v) is 3.78. The number of nitriles is 1. The van der Waals surface area contributed by atoms with Crippen LogP contribution in [0.15, 0.2) is 60.3 Å². The van der Waals surface area contributed by atoms with Crippen molar-refractivity contribution in [3.63, 3.8) is 0 Å². The van der Waals surface area contributed by atoms with E-state index in [1.54, 1.807) is 18.2 Å². The zero-order valence-corrected chi connectivity index (χ0v) is 14.3. The fourth-order valence-corrected chi connectivity index (χ4v) is 2.22. The first-order chi connectivity index (χ1) is 11.5. The van der Waals surface area contributed by atoms with Gasteiger partial charge in [-0.25, -0.2) is 0 Å². The van der Waals surface area contributed by atoms with Gasteiger partial charge in [0.15, 0.2) is 0 Å². The topological polar surface area (TPSA) is 64.9 Å². The van der Waals surface area contributed by atoms with Crippen molar-refractivity contribution in [1.82, 2.24) is 0 Å². The summed E-state index contributed by atoms with van der Waals surface area (Å²) in [4.78, 5) is 12.2. The number of rotatable bonds is 5. The van der Waals surface area contributed by atoms with Crippen molar-refractivity contribution in [2.45, 2.75) is 19.8 Å². The van der Waals surface area contributed by atoms with Gasteiger partial charge in [0.25, 0.3) is 5.91 Å². The maximum atomic E-state index is 12.2. The van der Waals surface area contributed by atoms with Gasteiger partial charge in [-0.1, -0.05) is 49.7 Å². The average molecular weight is 340 g/mol. The van der Waals surface area contributed by atoms with Crippen LogP contribution in [-0.2, 0) is 4.79 Å². The van der Waals surface area contributed by atoms with Crippen molar-refractivity contribution < 1.29 is 4.79 Å². The molecule has 0 unspecified atom stereocenters. The van der Waals surface area contributed by atoms with Gasteiger partial charge >= 0.3 is 0 Å². The van der Waals surface area contributed by atoms with E-state index < -0.39 is 5.91 Å². The molecule has 1 amide bonds. The van der Waals surface area contributed by atoms with Crippen molar-refractivity contribution in [2.24, 2.45) is 0 Å². The summed E-state index contributed by atoms with van der Waals surface area (Å²) in [5.41, 5.74) is 2.41. The highest BCUT2D eigenvalue weighted by atomic mass is 35.5. The van der Waals surface area contributed by atoms with Crippen molar-refractivity contribution >= 4 is 28.9 Å². The molecule has 2 rings (SSSR count). The third kappa shape index (κ3) is 4.61. The van der Waals surface area contributed by atoms with Crippen molar-refractivity contribution in [1.29, 1.82) is 5.26 Å². The highest BCUT2D eigenvalue weighted by Crippen LogP contribution is 2.21. The molecule has 2 N–H and O–H groups in total. The zero-order chi connectivity index (χ0) is 17.5. The third-order valence-electron chi connectivity index (χ3n) is 3.45. The van der Waals surface area contributed by atoms with E-state index in [0.717, 1.165) is 0 Å². The predicted octanol–water partition coefficient (Wildman–Crippen LogP) is 4.92. The van der Waals surface area contributed by atoms with E-state index in [2.05, 4.69) is 24.5 Å². The fourth-order valence-electron chi connectivity index (χ4n) is 2.03. The molecule has 0 aliphatic heterocycles. The number of hydrogen-bond donors (Lipinski definition) is 2. The molecule has 0 spiro atoms. The Morgan fingerprint density at radius 3 is 2.42 bits per heavy atom. The molecule has 0 saturated carbocycles. The van der Waals surface area contributed by atoms with Crippen LogP contribution in [0.25, 0.3) is 0 Å². The molecule has 0 aliphatic carbocycles. The Balaban J connectivity index is 2.07. The summed E-state index contributed by atoms with van der Waals surface area (Å²) < 4.78 is 0. The minimum Gasteiger partial charge on any atom is -0.359 e. The quantitative estimate of drug-likeness (QED) is 0.600. The maximum Gasteiger partial charge on any atom is 0.267 e. The lowest BCUT2D eigenvalue weighted by atomic mass is 10.0. The van der Waals surface area contributed by atoms with E-state index in [1.165, 1.54) is 11.8 Å². The number of benzene rings is 2. The van der Waals surface area contributed by atoms with Gasteiger partial charge in [0, 0.05) is 11.9 Å². The van der Waals surface area contributed by atoms with Gasteiger partial charge < -0.3 is 10.6 Å². The van der Waals surface area contributed by atoms with Crippen molar-refractivity contribution in [3.05, 3.63) is 70.9 Å². The Kier molecular flexibility index (Phi) is 6.00. The average Bonchev–Trinajstić information content (AvgIpc) is 2.57. The molecule has 0 atom stereocenters. The first-order valence-electron chi connectivity index (χ1n) is 7.54. The van der Waals surface area contributed by atoms with Gasteiger partial charge in [-0.2, -0.15) is 5.26 Å². The van der Waals surface area contributed by atoms with Crippen LogP contribution in [0.2, 0.25) is 5.02 Å². The SMILES string of the molecule is CC(C)c1ccc(NC(=O)/C(C#N)=C\Nc2ccccc2Cl)cc1. The second kappa shape index (κ2) is 8.19. The molecule has 24 heavy (non-hydrogen) atoms. The summed E-state index contributed by atoms with van der Waals surface area (Å²) >= 11 is 6.03. The lowest BCUT2D eigenvalue weighted by molar-refractivity contribution is -0.112. The van der Waals surface area contributed by atoms with Gasteiger partial charge in [-0.15, -0.1) is 0 Å². The lowest BCUT2D eigenvalue weighted by Crippen LogP contribution is -2.14. The van der Waals surface area contributed by atoms with E-state index in [9.17, 15) is 10.1 Å². The molecule has 0 saturated heterocycles. The maximum absolute atomic E-state index is 12.2. The van der Waals surface area contributed by atoms with Crippen LogP contribution in [0.4, 0.5) is 11.4 Å². The first-order valence-corrected chi connectivity index (χ1v) is 7.91. The molecule has 4 nitrogen and oxygen atoms in total. The van der Waals surface area contributed by atoms with Crippen LogP contribution >= 0.6 is 11.6 Å². The summed E-state index contributed by atoms with van der Waals surface area (Å²) in [7, 11) is 0. The molecule has 122 valence electrons. The largest absolute Gasteiger partial charge is 0.359 e. The van der Waals surface area contributed by atoms with Gasteiger partial charge in [-0.05, 0) is 35.7 Å². The minimum absolute atomic E-state index is 0.0390. The van der Waals surface area contributed by atoms with Crippen LogP contribution in [0.3, 0.4) is 0 Å². The van der Waals surface area contributed by atoms with Crippen LogP contribution in [-0.4, -0.2) is 5.91 Å². The summed E-state index contributed by atoms with van der Waals surface area (Å²) in [6, 6.07) is 16.5. The highest BCUT2D eigenvalue weighted by Gasteiger charge is 2.10. The molecule has 0 aromatic heterocycles. The molecule has 5 heteroatoms. The van der Waals surface area contributed by atoms with E-state index in [1.807, 2.05) is 36.4 Å². The molecule has 0 heterocycles. The number of carbonyl (C=O) groups excluding carboxylic acids is 1. The molecule has 0 radical (unpaired) electrons. The Labute approximate surface area is 146 Å². The van der Waals surface area contributed by atoms with Gasteiger partial charge in [0.05, 0.1) is 10.7 Å². The number of anilines is 2. The van der Waals surface area contributed by atoms with E-state index in [0.29, 0.717) is 22.3 Å². The lowest BCUT2D eigenvalue weighted by Gasteiger charge is -2.08. The monoisotopic (exact) mass is 339 g/mol. The summed E-state index contributed by atoms with van der Waals surface area (Å²) in [5.74, 6) is -0.0570.